The molecule has 0 aromatic heterocycles. The van der Waals surface area contributed by atoms with Crippen LogP contribution in [0.1, 0.15) is 28.3 Å². The number of amides is 1. The van der Waals surface area contributed by atoms with Crippen molar-refractivity contribution in [3.8, 4) is 0 Å². The molecule has 20 heavy (non-hydrogen) atoms. The molecular formula is C16H15ClN2O. The van der Waals surface area contributed by atoms with E-state index in [4.69, 9.17) is 17.3 Å². The molecule has 1 saturated carbocycles. The lowest BCUT2D eigenvalue weighted by Gasteiger charge is -2.08. The highest BCUT2D eigenvalue weighted by Gasteiger charge is 2.39. The Kier molecular flexibility index (Phi) is 3.36. The first kappa shape index (κ1) is 13.0. The van der Waals surface area contributed by atoms with Crippen LogP contribution in [0.25, 0.3) is 0 Å². The number of anilines is 1. The summed E-state index contributed by atoms with van der Waals surface area (Å²) in [6, 6.07) is 15.5. The monoisotopic (exact) mass is 286 g/mol. The maximum Gasteiger partial charge on any atom is 0.253 e. The van der Waals surface area contributed by atoms with Crippen LogP contribution in [0.5, 0.6) is 0 Å². The van der Waals surface area contributed by atoms with E-state index in [1.807, 2.05) is 18.2 Å². The number of nitrogen functional groups attached to an aromatic ring is 1. The first-order chi connectivity index (χ1) is 9.66. The van der Waals surface area contributed by atoms with Gasteiger partial charge in [0.2, 0.25) is 0 Å². The zero-order valence-electron chi connectivity index (χ0n) is 10.8. The Hall–Kier alpha value is -2.00. The Labute approximate surface area is 122 Å². The number of para-hydroxylation sites is 1. The molecule has 2 unspecified atom stereocenters. The van der Waals surface area contributed by atoms with Crippen LogP contribution in [-0.4, -0.2) is 11.9 Å². The van der Waals surface area contributed by atoms with E-state index < -0.39 is 0 Å². The Morgan fingerprint density at radius 2 is 1.90 bits per heavy atom. The fraction of sp³-hybridized carbons (Fsp3) is 0.188. The van der Waals surface area contributed by atoms with E-state index in [0.29, 0.717) is 22.2 Å². The number of benzene rings is 2. The normalized spacial score (nSPS) is 20.4. The summed E-state index contributed by atoms with van der Waals surface area (Å²) in [7, 11) is 0. The summed E-state index contributed by atoms with van der Waals surface area (Å²) in [5.74, 6) is 0.244. The van der Waals surface area contributed by atoms with E-state index in [1.54, 1.807) is 18.2 Å². The van der Waals surface area contributed by atoms with E-state index in [9.17, 15) is 4.79 Å². The van der Waals surface area contributed by atoms with Crippen LogP contribution in [0.2, 0.25) is 5.02 Å². The van der Waals surface area contributed by atoms with Crippen LogP contribution in [-0.2, 0) is 0 Å². The van der Waals surface area contributed by atoms with Crippen LogP contribution in [0.3, 0.4) is 0 Å². The predicted molar refractivity (Wildman–Crippen MR) is 80.9 cm³/mol. The number of nitrogens with one attached hydrogen (secondary N) is 1. The van der Waals surface area contributed by atoms with Gasteiger partial charge in [-0.1, -0.05) is 48.0 Å². The van der Waals surface area contributed by atoms with Crippen LogP contribution in [0, 0.1) is 0 Å². The van der Waals surface area contributed by atoms with Crippen molar-refractivity contribution in [3.05, 3.63) is 64.7 Å². The summed E-state index contributed by atoms with van der Waals surface area (Å²) < 4.78 is 0. The topological polar surface area (TPSA) is 55.1 Å². The van der Waals surface area contributed by atoms with Crippen LogP contribution >= 0.6 is 11.6 Å². The quantitative estimate of drug-likeness (QED) is 0.851. The molecule has 0 heterocycles. The van der Waals surface area contributed by atoms with Gasteiger partial charge in [-0.25, -0.2) is 0 Å². The Bertz CT molecular complexity index is 642. The minimum atomic E-state index is -0.159. The lowest BCUT2D eigenvalue weighted by molar-refractivity contribution is 0.0951. The molecule has 2 aromatic carbocycles. The largest absolute Gasteiger partial charge is 0.397 e. The minimum Gasteiger partial charge on any atom is -0.397 e. The summed E-state index contributed by atoms with van der Waals surface area (Å²) in [4.78, 5) is 12.2. The zero-order valence-corrected chi connectivity index (χ0v) is 11.6. The molecule has 1 aliphatic rings. The van der Waals surface area contributed by atoms with Crippen molar-refractivity contribution in [2.24, 2.45) is 0 Å². The van der Waals surface area contributed by atoms with Gasteiger partial charge in [-0.3, -0.25) is 4.79 Å². The highest BCUT2D eigenvalue weighted by atomic mass is 35.5. The molecule has 0 spiro atoms. The summed E-state index contributed by atoms with van der Waals surface area (Å²) in [6.07, 6.45) is 0.968. The van der Waals surface area contributed by atoms with Crippen molar-refractivity contribution in [1.29, 1.82) is 0 Å². The summed E-state index contributed by atoms with van der Waals surface area (Å²) in [5, 5.41) is 3.42. The fourth-order valence-electron chi connectivity index (χ4n) is 2.40. The van der Waals surface area contributed by atoms with E-state index in [-0.39, 0.29) is 11.9 Å². The summed E-state index contributed by atoms with van der Waals surface area (Å²) in [6.45, 7) is 0. The van der Waals surface area contributed by atoms with Crippen molar-refractivity contribution < 1.29 is 4.79 Å². The molecule has 1 fully saturated rings. The average Bonchev–Trinajstić information content (AvgIpc) is 3.22. The third kappa shape index (κ3) is 2.49. The molecule has 0 saturated heterocycles. The van der Waals surface area contributed by atoms with Crippen LogP contribution in [0.15, 0.2) is 48.5 Å². The van der Waals surface area contributed by atoms with Gasteiger partial charge in [-0.2, -0.15) is 0 Å². The molecular weight excluding hydrogens is 272 g/mol. The third-order valence-corrected chi connectivity index (χ3v) is 3.96. The number of hydrogen-bond donors (Lipinski definition) is 2. The molecule has 4 heteroatoms. The summed E-state index contributed by atoms with van der Waals surface area (Å²) >= 11 is 5.93. The average molecular weight is 287 g/mol. The van der Waals surface area contributed by atoms with Gasteiger partial charge in [-0.05, 0) is 24.1 Å². The van der Waals surface area contributed by atoms with Gasteiger partial charge in [0.05, 0.1) is 16.3 Å². The van der Waals surface area contributed by atoms with E-state index in [2.05, 4.69) is 17.4 Å². The zero-order chi connectivity index (χ0) is 14.1. The molecule has 3 nitrogen and oxygen atoms in total. The smallest absolute Gasteiger partial charge is 0.253 e. The van der Waals surface area contributed by atoms with Crippen molar-refractivity contribution in [3.63, 3.8) is 0 Å². The molecule has 2 atom stereocenters. The number of hydrogen-bond acceptors (Lipinski definition) is 2. The van der Waals surface area contributed by atoms with Crippen LogP contribution < -0.4 is 11.1 Å². The first-order valence-electron chi connectivity index (χ1n) is 6.56. The lowest BCUT2D eigenvalue weighted by atomic mass is 10.1. The number of halogens is 1. The highest BCUT2D eigenvalue weighted by molar-refractivity contribution is 6.33. The second-order valence-corrected chi connectivity index (χ2v) is 5.44. The van der Waals surface area contributed by atoms with Gasteiger partial charge >= 0.3 is 0 Å². The number of nitrogens with two attached hydrogens (primary N) is 1. The van der Waals surface area contributed by atoms with Gasteiger partial charge in [-0.15, -0.1) is 0 Å². The Morgan fingerprint density at radius 3 is 2.65 bits per heavy atom. The number of rotatable bonds is 3. The molecule has 1 amide bonds. The molecule has 2 aromatic rings. The van der Waals surface area contributed by atoms with E-state index >= 15 is 0 Å². The SMILES string of the molecule is Nc1c(Cl)cccc1C(=O)NC1CC1c1ccccc1. The maximum absolute atomic E-state index is 12.2. The second-order valence-electron chi connectivity index (χ2n) is 5.03. The second kappa shape index (κ2) is 5.17. The van der Waals surface area contributed by atoms with E-state index in [1.165, 1.54) is 5.56 Å². The fourth-order valence-corrected chi connectivity index (χ4v) is 2.58. The number of carbonyl (C=O) groups excluding carboxylic acids is 1. The van der Waals surface area contributed by atoms with E-state index in [0.717, 1.165) is 6.42 Å². The molecule has 3 N–H and O–H groups in total. The van der Waals surface area contributed by atoms with Gasteiger partial charge in [0.15, 0.2) is 0 Å². The van der Waals surface area contributed by atoms with Gasteiger partial charge in [0.1, 0.15) is 0 Å². The Morgan fingerprint density at radius 1 is 1.15 bits per heavy atom. The number of carbonyl (C=O) groups is 1. The molecule has 102 valence electrons. The minimum absolute atomic E-state index is 0.159. The van der Waals surface area contributed by atoms with Crippen LogP contribution in [0.4, 0.5) is 5.69 Å². The lowest BCUT2D eigenvalue weighted by Crippen LogP contribution is -2.27. The molecule has 0 radical (unpaired) electrons. The van der Waals surface area contributed by atoms with Gasteiger partial charge < -0.3 is 11.1 Å². The van der Waals surface area contributed by atoms with Crippen molar-refractivity contribution >= 4 is 23.2 Å². The Balaban J connectivity index is 1.68. The van der Waals surface area contributed by atoms with Gasteiger partial charge in [0.25, 0.3) is 5.91 Å². The van der Waals surface area contributed by atoms with Crippen molar-refractivity contribution in [1.82, 2.24) is 5.32 Å². The molecule has 1 aliphatic carbocycles. The molecule has 0 aliphatic heterocycles. The molecule has 0 bridgehead atoms. The molecule has 3 rings (SSSR count). The van der Waals surface area contributed by atoms with Crippen molar-refractivity contribution in [2.75, 3.05) is 5.73 Å². The maximum atomic E-state index is 12.2. The van der Waals surface area contributed by atoms with Crippen molar-refractivity contribution in [2.45, 2.75) is 18.4 Å². The standard InChI is InChI=1S/C16H15ClN2O/c17-13-8-4-7-11(15(13)18)16(20)19-14-9-12(14)10-5-2-1-3-6-10/h1-8,12,14H,9,18H2,(H,19,20). The van der Waals surface area contributed by atoms with Gasteiger partial charge in [0, 0.05) is 12.0 Å². The highest BCUT2D eigenvalue weighted by Crippen LogP contribution is 2.40. The third-order valence-electron chi connectivity index (χ3n) is 3.63. The predicted octanol–water partition coefficient (Wildman–Crippen LogP) is 3.21. The first-order valence-corrected chi connectivity index (χ1v) is 6.94. The summed E-state index contributed by atoms with van der Waals surface area (Å²) in [5.41, 5.74) is 7.87.